The minimum absolute atomic E-state index is 0.00904. The van der Waals surface area contributed by atoms with Gasteiger partial charge in [0, 0.05) is 35.8 Å². The summed E-state index contributed by atoms with van der Waals surface area (Å²) >= 11 is 0. The molecule has 1 aromatic heterocycles. The molecule has 0 atom stereocenters. The average Bonchev–Trinajstić information content (AvgIpc) is 3.34. The third-order valence-electron chi connectivity index (χ3n) is 5.41. The first-order valence-electron chi connectivity index (χ1n) is 9.97. The van der Waals surface area contributed by atoms with E-state index in [1.165, 1.54) is 0 Å². The lowest BCUT2D eigenvalue weighted by molar-refractivity contribution is -0.121. The molecular formula is C23H24N4O3. The number of methoxy groups -OCH3 is 1. The summed E-state index contributed by atoms with van der Waals surface area (Å²) in [7, 11) is 1.58. The Morgan fingerprint density at radius 3 is 2.67 bits per heavy atom. The van der Waals surface area contributed by atoms with Crippen LogP contribution in [0.2, 0.25) is 0 Å². The van der Waals surface area contributed by atoms with Gasteiger partial charge in [0.1, 0.15) is 5.75 Å². The van der Waals surface area contributed by atoms with Gasteiger partial charge in [0.15, 0.2) is 0 Å². The third kappa shape index (κ3) is 4.35. The van der Waals surface area contributed by atoms with Gasteiger partial charge in [-0.2, -0.15) is 0 Å². The molecule has 7 nitrogen and oxygen atoms in total. The number of hydrogen-bond donors (Lipinski definition) is 2. The summed E-state index contributed by atoms with van der Waals surface area (Å²) in [6.07, 6.45) is 4.65. The van der Waals surface area contributed by atoms with E-state index in [-0.39, 0.29) is 17.7 Å². The fourth-order valence-corrected chi connectivity index (χ4v) is 3.71. The van der Waals surface area contributed by atoms with Gasteiger partial charge >= 0.3 is 0 Å². The van der Waals surface area contributed by atoms with Gasteiger partial charge in [0.05, 0.1) is 25.3 Å². The van der Waals surface area contributed by atoms with Crippen LogP contribution < -0.4 is 10.1 Å². The van der Waals surface area contributed by atoms with Gasteiger partial charge in [-0.05, 0) is 43.2 Å². The Balaban J connectivity index is 1.34. The van der Waals surface area contributed by atoms with Crippen molar-refractivity contribution in [1.82, 2.24) is 14.9 Å². The van der Waals surface area contributed by atoms with Crippen LogP contribution in [0.5, 0.6) is 5.75 Å². The van der Waals surface area contributed by atoms with Crippen LogP contribution in [0.25, 0.3) is 11.3 Å². The first kappa shape index (κ1) is 19.7. The fraction of sp³-hybridized carbons (Fsp3) is 0.261. The molecule has 154 valence electrons. The number of aromatic amines is 1. The molecule has 1 fully saturated rings. The summed E-state index contributed by atoms with van der Waals surface area (Å²) in [6.45, 7) is 1.12. The van der Waals surface area contributed by atoms with Crippen molar-refractivity contribution in [3.8, 4) is 17.0 Å². The number of nitrogens with one attached hydrogen (secondary N) is 2. The van der Waals surface area contributed by atoms with Crippen molar-refractivity contribution in [3.63, 3.8) is 0 Å². The van der Waals surface area contributed by atoms with Crippen LogP contribution in [-0.2, 0) is 4.79 Å². The SMILES string of the molecule is COc1cccc(C(=O)N2CCC(C(=O)Nc3cccc(-c4cnc[nH]4)c3)CC2)c1. The number of rotatable bonds is 5. The lowest BCUT2D eigenvalue weighted by atomic mass is 9.95. The predicted octanol–water partition coefficient (Wildman–Crippen LogP) is 3.58. The second kappa shape index (κ2) is 8.82. The number of hydrogen-bond acceptors (Lipinski definition) is 4. The van der Waals surface area contributed by atoms with Crippen LogP contribution in [0, 0.1) is 5.92 Å². The van der Waals surface area contributed by atoms with E-state index in [0.717, 1.165) is 16.9 Å². The Hall–Kier alpha value is -3.61. The number of amides is 2. The summed E-state index contributed by atoms with van der Waals surface area (Å²) in [4.78, 5) is 34.4. The normalized spacial score (nSPS) is 14.4. The summed E-state index contributed by atoms with van der Waals surface area (Å²) in [5.74, 6) is 0.507. The average molecular weight is 404 g/mol. The molecule has 2 N–H and O–H groups in total. The van der Waals surface area contributed by atoms with E-state index in [9.17, 15) is 9.59 Å². The van der Waals surface area contributed by atoms with E-state index in [4.69, 9.17) is 4.74 Å². The number of H-pyrrole nitrogens is 1. The Morgan fingerprint density at radius 1 is 1.13 bits per heavy atom. The number of anilines is 1. The van der Waals surface area contributed by atoms with Crippen molar-refractivity contribution in [2.45, 2.75) is 12.8 Å². The smallest absolute Gasteiger partial charge is 0.253 e. The van der Waals surface area contributed by atoms with Gasteiger partial charge in [0.2, 0.25) is 5.91 Å². The van der Waals surface area contributed by atoms with Crippen LogP contribution in [0.3, 0.4) is 0 Å². The van der Waals surface area contributed by atoms with Gasteiger partial charge in [-0.1, -0.05) is 18.2 Å². The second-order valence-corrected chi connectivity index (χ2v) is 7.33. The molecule has 1 aliphatic rings. The molecule has 0 unspecified atom stereocenters. The number of imidazole rings is 1. The van der Waals surface area contributed by atoms with Crippen molar-refractivity contribution in [2.24, 2.45) is 5.92 Å². The molecule has 3 aromatic rings. The number of nitrogens with zero attached hydrogens (tertiary/aromatic N) is 2. The lowest BCUT2D eigenvalue weighted by Crippen LogP contribution is -2.41. The van der Waals surface area contributed by atoms with Crippen molar-refractivity contribution in [3.05, 3.63) is 66.6 Å². The second-order valence-electron chi connectivity index (χ2n) is 7.33. The molecule has 1 aliphatic heterocycles. The summed E-state index contributed by atoms with van der Waals surface area (Å²) in [6, 6.07) is 14.8. The van der Waals surface area contributed by atoms with Crippen molar-refractivity contribution in [1.29, 1.82) is 0 Å². The Morgan fingerprint density at radius 2 is 1.93 bits per heavy atom. The molecule has 0 spiro atoms. The van der Waals surface area contributed by atoms with Gasteiger partial charge in [-0.3, -0.25) is 9.59 Å². The van der Waals surface area contributed by atoms with E-state index in [1.54, 1.807) is 36.7 Å². The molecular weight excluding hydrogens is 380 g/mol. The molecule has 0 aliphatic carbocycles. The van der Waals surface area contributed by atoms with Gasteiger partial charge < -0.3 is 19.9 Å². The lowest BCUT2D eigenvalue weighted by Gasteiger charge is -2.31. The number of benzene rings is 2. The van der Waals surface area contributed by atoms with Gasteiger partial charge in [0.25, 0.3) is 5.91 Å². The zero-order valence-corrected chi connectivity index (χ0v) is 16.8. The number of piperidine rings is 1. The number of carbonyl (C=O) groups is 2. The Bertz CT molecular complexity index is 1020. The van der Waals surface area contributed by atoms with Crippen molar-refractivity contribution < 1.29 is 14.3 Å². The van der Waals surface area contributed by atoms with Crippen molar-refractivity contribution in [2.75, 3.05) is 25.5 Å². The summed E-state index contributed by atoms with van der Waals surface area (Å²) < 4.78 is 5.20. The van der Waals surface area contributed by atoms with Crippen LogP contribution >= 0.6 is 0 Å². The van der Waals surface area contributed by atoms with Gasteiger partial charge in [-0.15, -0.1) is 0 Å². The molecule has 4 rings (SSSR count). The Kier molecular flexibility index (Phi) is 5.79. The maximum Gasteiger partial charge on any atom is 0.253 e. The van der Waals surface area contributed by atoms with E-state index in [0.29, 0.717) is 37.2 Å². The largest absolute Gasteiger partial charge is 0.497 e. The molecule has 2 amide bonds. The topological polar surface area (TPSA) is 87.3 Å². The van der Waals surface area contributed by atoms with E-state index >= 15 is 0 Å². The highest BCUT2D eigenvalue weighted by Gasteiger charge is 2.28. The molecule has 30 heavy (non-hydrogen) atoms. The number of ether oxygens (including phenoxy) is 1. The molecule has 0 bridgehead atoms. The van der Waals surface area contributed by atoms with E-state index < -0.39 is 0 Å². The summed E-state index contributed by atoms with van der Waals surface area (Å²) in [5.41, 5.74) is 3.22. The van der Waals surface area contributed by atoms with Crippen molar-refractivity contribution >= 4 is 17.5 Å². The standard InChI is InChI=1S/C23H24N4O3/c1-30-20-7-3-5-18(13-20)23(29)27-10-8-16(9-11-27)22(28)26-19-6-2-4-17(12-19)21-14-24-15-25-21/h2-7,12-16H,8-11H2,1H3,(H,24,25)(H,26,28). The highest BCUT2D eigenvalue weighted by molar-refractivity contribution is 5.96. The van der Waals surface area contributed by atoms with E-state index in [2.05, 4.69) is 15.3 Å². The van der Waals surface area contributed by atoms with Crippen LogP contribution in [0.15, 0.2) is 61.1 Å². The molecule has 0 saturated carbocycles. The predicted molar refractivity (Wildman–Crippen MR) is 114 cm³/mol. The summed E-state index contributed by atoms with van der Waals surface area (Å²) in [5, 5.41) is 3.01. The zero-order valence-electron chi connectivity index (χ0n) is 16.8. The third-order valence-corrected chi connectivity index (χ3v) is 5.41. The Labute approximate surface area is 175 Å². The first-order valence-corrected chi connectivity index (χ1v) is 9.97. The van der Waals surface area contributed by atoms with Crippen LogP contribution in [0.4, 0.5) is 5.69 Å². The van der Waals surface area contributed by atoms with Gasteiger partial charge in [-0.25, -0.2) is 4.98 Å². The highest BCUT2D eigenvalue weighted by Crippen LogP contribution is 2.24. The first-order chi connectivity index (χ1) is 14.6. The minimum atomic E-state index is -0.116. The zero-order chi connectivity index (χ0) is 20.9. The van der Waals surface area contributed by atoms with Crippen LogP contribution in [-0.4, -0.2) is 46.9 Å². The number of likely N-dealkylation sites (tertiary alicyclic amines) is 1. The monoisotopic (exact) mass is 404 g/mol. The number of carbonyl (C=O) groups excluding carboxylic acids is 2. The maximum atomic E-state index is 12.7. The molecule has 2 aromatic carbocycles. The number of aromatic nitrogens is 2. The quantitative estimate of drug-likeness (QED) is 0.681. The fourth-order valence-electron chi connectivity index (χ4n) is 3.71. The molecule has 1 saturated heterocycles. The molecule has 2 heterocycles. The minimum Gasteiger partial charge on any atom is -0.497 e. The molecule has 0 radical (unpaired) electrons. The van der Waals surface area contributed by atoms with E-state index in [1.807, 2.05) is 36.4 Å². The maximum absolute atomic E-state index is 12.7. The molecule has 7 heteroatoms. The van der Waals surface area contributed by atoms with Crippen LogP contribution in [0.1, 0.15) is 23.2 Å². The highest BCUT2D eigenvalue weighted by atomic mass is 16.5.